The average Bonchev–Trinajstić information content (AvgIpc) is 3.14. The summed E-state index contributed by atoms with van der Waals surface area (Å²) in [6, 6.07) is 44.0. The minimum absolute atomic E-state index is 0.930. The van der Waals surface area contributed by atoms with E-state index in [2.05, 4.69) is 146 Å². The van der Waals surface area contributed by atoms with Crippen LogP contribution in [0.5, 0.6) is 0 Å². The van der Waals surface area contributed by atoms with Gasteiger partial charge in [0.2, 0.25) is 0 Å². The van der Waals surface area contributed by atoms with E-state index in [1.165, 1.54) is 44.5 Å². The first-order valence-corrected chi connectivity index (χ1v) is 16.3. The van der Waals surface area contributed by atoms with Crippen LogP contribution >= 0.6 is 0 Å². The molecule has 0 saturated heterocycles. The van der Waals surface area contributed by atoms with Gasteiger partial charge in [-0.2, -0.15) is 0 Å². The van der Waals surface area contributed by atoms with Crippen LogP contribution in [0.25, 0.3) is 78.7 Å². The summed E-state index contributed by atoms with van der Waals surface area (Å²) in [5, 5.41) is 2.22. The van der Waals surface area contributed by atoms with Crippen LogP contribution in [0.4, 0.5) is 0 Å². The Kier molecular flexibility index (Phi) is 6.45. The number of hydrogen-bond donors (Lipinski definition) is 0. The molecule has 2 heterocycles. The molecule has 0 fully saturated rings. The first-order chi connectivity index (χ1) is 22.8. The van der Waals surface area contributed by atoms with Crippen LogP contribution < -0.4 is 0 Å². The largest absolute Gasteiger partial charge is 0.245 e. The summed E-state index contributed by atoms with van der Waals surface area (Å²) in [4.78, 5) is 10.9. The minimum Gasteiger partial charge on any atom is -0.245 e. The zero-order valence-electron chi connectivity index (χ0n) is 25.6. The van der Waals surface area contributed by atoms with Crippen molar-refractivity contribution in [2.75, 3.05) is 0 Å². The second kappa shape index (κ2) is 11.1. The molecule has 2 nitrogen and oxygen atoms in total. The van der Waals surface area contributed by atoms with Crippen molar-refractivity contribution < 1.29 is 0 Å². The first-order valence-electron chi connectivity index (χ1n) is 16.3. The smallest absolute Gasteiger partial charge is 0.0978 e. The molecule has 0 N–H and O–H groups in total. The molecule has 2 heteroatoms. The second-order valence-electron chi connectivity index (χ2n) is 12.4. The Hall–Kier alpha value is -5.60. The molecule has 9 rings (SSSR count). The lowest BCUT2D eigenvalue weighted by atomic mass is 9.91. The SMILES string of the molecule is C1=Cc2cc(-c3cc(-c4ccccc4)c4ccc5c(-c6ccccc6)cc(-c6ccc7c(c6)C=CCC7)nc5c4n3)ccc2CC1. The van der Waals surface area contributed by atoms with Gasteiger partial charge in [-0.15, -0.1) is 0 Å². The number of pyridine rings is 2. The summed E-state index contributed by atoms with van der Waals surface area (Å²) in [6.45, 7) is 0. The number of nitrogens with zero attached hydrogens (tertiary/aromatic N) is 2. The Balaban J connectivity index is 1.35. The molecule has 5 aromatic carbocycles. The summed E-state index contributed by atoms with van der Waals surface area (Å²) in [7, 11) is 0. The Morgan fingerprint density at radius 3 is 1.33 bits per heavy atom. The van der Waals surface area contributed by atoms with Crippen molar-refractivity contribution in [1.29, 1.82) is 0 Å². The molecule has 0 saturated carbocycles. The van der Waals surface area contributed by atoms with Gasteiger partial charge >= 0.3 is 0 Å². The van der Waals surface area contributed by atoms with Crippen LogP contribution in [0.3, 0.4) is 0 Å². The second-order valence-corrected chi connectivity index (χ2v) is 12.4. The first kappa shape index (κ1) is 26.8. The van der Waals surface area contributed by atoms with E-state index in [0.29, 0.717) is 0 Å². The maximum Gasteiger partial charge on any atom is 0.0978 e. The van der Waals surface area contributed by atoms with E-state index in [4.69, 9.17) is 9.97 Å². The topological polar surface area (TPSA) is 25.8 Å². The highest BCUT2D eigenvalue weighted by molar-refractivity contribution is 6.13. The fraction of sp³-hybridized carbons (Fsp3) is 0.0909. The van der Waals surface area contributed by atoms with Crippen molar-refractivity contribution in [2.45, 2.75) is 25.7 Å². The number of aryl methyl sites for hydroxylation is 2. The van der Waals surface area contributed by atoms with Crippen LogP contribution in [0.15, 0.2) is 133 Å². The molecule has 0 bridgehead atoms. The molecule has 2 aliphatic rings. The maximum atomic E-state index is 5.45. The molecule has 0 aliphatic heterocycles. The number of allylic oxidation sites excluding steroid dienone is 2. The third kappa shape index (κ3) is 4.66. The van der Waals surface area contributed by atoms with Crippen LogP contribution in [-0.2, 0) is 12.8 Å². The highest BCUT2D eigenvalue weighted by Gasteiger charge is 2.18. The molecule has 0 atom stereocenters. The van der Waals surface area contributed by atoms with Gasteiger partial charge in [0.05, 0.1) is 22.4 Å². The van der Waals surface area contributed by atoms with Crippen LogP contribution in [0.1, 0.15) is 35.1 Å². The third-order valence-electron chi connectivity index (χ3n) is 9.57. The molecular formula is C44H32N2. The highest BCUT2D eigenvalue weighted by Crippen LogP contribution is 2.40. The van der Waals surface area contributed by atoms with Crippen LogP contribution in [0, 0.1) is 0 Å². The van der Waals surface area contributed by atoms with E-state index < -0.39 is 0 Å². The van der Waals surface area contributed by atoms with Crippen molar-refractivity contribution >= 4 is 34.0 Å². The lowest BCUT2D eigenvalue weighted by Gasteiger charge is -2.17. The standard InChI is InChI=1S/C44H32N2/c1-3-13-31(14-4-1)39-27-41(35-21-19-29-11-7-9-17-33(29)25-35)45-43-37(39)23-24-38-40(32-15-5-2-6-16-32)28-42(46-44(38)43)36-22-20-30-12-8-10-18-34(30)26-36/h1-6,9-10,13-28H,7-8,11-12H2. The van der Waals surface area contributed by atoms with E-state index >= 15 is 0 Å². The molecule has 2 aromatic heterocycles. The fourth-order valence-corrected chi connectivity index (χ4v) is 7.16. The van der Waals surface area contributed by atoms with Gasteiger partial charge in [-0.1, -0.05) is 121 Å². The molecule has 2 aliphatic carbocycles. The zero-order valence-corrected chi connectivity index (χ0v) is 25.6. The van der Waals surface area contributed by atoms with Crippen molar-refractivity contribution in [2.24, 2.45) is 0 Å². The summed E-state index contributed by atoms with van der Waals surface area (Å²) in [5.41, 5.74) is 16.1. The fourth-order valence-electron chi connectivity index (χ4n) is 7.16. The molecule has 218 valence electrons. The lowest BCUT2D eigenvalue weighted by molar-refractivity contribution is 0.986. The normalized spacial score (nSPS) is 13.6. The highest BCUT2D eigenvalue weighted by atomic mass is 14.8. The predicted molar refractivity (Wildman–Crippen MR) is 193 cm³/mol. The number of rotatable bonds is 4. The summed E-state index contributed by atoms with van der Waals surface area (Å²) >= 11 is 0. The zero-order chi connectivity index (χ0) is 30.5. The average molecular weight is 589 g/mol. The Bertz CT molecular complexity index is 2180. The van der Waals surface area contributed by atoms with Gasteiger partial charge in [-0.25, -0.2) is 9.97 Å². The minimum atomic E-state index is 0.930. The molecule has 7 aromatic rings. The third-order valence-corrected chi connectivity index (χ3v) is 9.57. The molecular weight excluding hydrogens is 556 g/mol. The molecule has 0 unspecified atom stereocenters. The van der Waals surface area contributed by atoms with Crippen LogP contribution in [-0.4, -0.2) is 9.97 Å². The van der Waals surface area contributed by atoms with E-state index in [9.17, 15) is 0 Å². The van der Waals surface area contributed by atoms with E-state index in [1.807, 2.05) is 0 Å². The number of fused-ring (bicyclic) bond motifs is 5. The van der Waals surface area contributed by atoms with Gasteiger partial charge in [0.1, 0.15) is 0 Å². The summed E-state index contributed by atoms with van der Waals surface area (Å²) in [5.74, 6) is 0. The van der Waals surface area contributed by atoms with E-state index in [-0.39, 0.29) is 0 Å². The number of hydrogen-bond acceptors (Lipinski definition) is 2. The Labute approximate surface area is 269 Å². The number of benzene rings is 5. The van der Waals surface area contributed by atoms with Crippen molar-refractivity contribution in [3.05, 3.63) is 156 Å². The van der Waals surface area contributed by atoms with Crippen LogP contribution in [0.2, 0.25) is 0 Å². The lowest BCUT2D eigenvalue weighted by Crippen LogP contribution is -1.98. The van der Waals surface area contributed by atoms with Gasteiger partial charge < -0.3 is 0 Å². The molecule has 0 spiro atoms. The maximum absolute atomic E-state index is 5.45. The Morgan fingerprint density at radius 2 is 0.870 bits per heavy atom. The quantitative estimate of drug-likeness (QED) is 0.191. The summed E-state index contributed by atoms with van der Waals surface area (Å²) < 4.78 is 0. The van der Waals surface area contributed by atoms with Crippen molar-refractivity contribution in [1.82, 2.24) is 9.97 Å². The van der Waals surface area contributed by atoms with E-state index in [0.717, 1.165) is 70.0 Å². The van der Waals surface area contributed by atoms with Gasteiger partial charge in [-0.05, 0) is 94.5 Å². The van der Waals surface area contributed by atoms with Crippen molar-refractivity contribution in [3.63, 3.8) is 0 Å². The molecule has 46 heavy (non-hydrogen) atoms. The van der Waals surface area contributed by atoms with E-state index in [1.54, 1.807) is 0 Å². The van der Waals surface area contributed by atoms with Gasteiger partial charge in [0.25, 0.3) is 0 Å². The van der Waals surface area contributed by atoms with Gasteiger partial charge in [0, 0.05) is 21.9 Å². The summed E-state index contributed by atoms with van der Waals surface area (Å²) in [6.07, 6.45) is 13.4. The monoisotopic (exact) mass is 588 g/mol. The predicted octanol–water partition coefficient (Wildman–Crippen LogP) is 11.4. The Morgan fingerprint density at radius 1 is 0.413 bits per heavy atom. The molecule has 0 radical (unpaired) electrons. The number of aromatic nitrogens is 2. The van der Waals surface area contributed by atoms with Crippen molar-refractivity contribution in [3.8, 4) is 44.8 Å². The van der Waals surface area contributed by atoms with Gasteiger partial charge in [0.15, 0.2) is 0 Å². The van der Waals surface area contributed by atoms with Gasteiger partial charge in [-0.3, -0.25) is 0 Å². The molecule has 0 amide bonds.